The maximum absolute atomic E-state index is 9.05. The van der Waals surface area contributed by atoms with Crippen LogP contribution in [0.25, 0.3) is 10.9 Å². The van der Waals surface area contributed by atoms with Crippen LogP contribution in [0, 0.1) is 11.3 Å². The summed E-state index contributed by atoms with van der Waals surface area (Å²) >= 11 is 0. The SMILES string of the molecule is CCn1nc2ccc(OC)cc2c1C#N. The lowest BCUT2D eigenvalue weighted by Crippen LogP contribution is -1.98. The van der Waals surface area contributed by atoms with Gasteiger partial charge in [0.2, 0.25) is 0 Å². The van der Waals surface area contributed by atoms with Crippen LogP contribution in [0.4, 0.5) is 0 Å². The first-order valence-corrected chi connectivity index (χ1v) is 4.74. The van der Waals surface area contributed by atoms with Crippen molar-refractivity contribution in [2.45, 2.75) is 13.5 Å². The highest BCUT2D eigenvalue weighted by molar-refractivity contribution is 5.85. The number of nitrogens with zero attached hydrogens (tertiary/aromatic N) is 3. The second-order valence-electron chi connectivity index (χ2n) is 3.16. The number of benzene rings is 1. The Bertz CT molecular complexity index is 536. The van der Waals surface area contributed by atoms with Crippen molar-refractivity contribution in [1.29, 1.82) is 5.26 Å². The summed E-state index contributed by atoms with van der Waals surface area (Å²) in [6.07, 6.45) is 0. The first-order chi connectivity index (χ1) is 7.30. The van der Waals surface area contributed by atoms with E-state index in [2.05, 4.69) is 11.2 Å². The molecular weight excluding hydrogens is 190 g/mol. The number of fused-ring (bicyclic) bond motifs is 1. The summed E-state index contributed by atoms with van der Waals surface area (Å²) in [7, 11) is 1.61. The number of nitriles is 1. The van der Waals surface area contributed by atoms with Crippen LogP contribution in [-0.4, -0.2) is 16.9 Å². The molecule has 2 rings (SSSR count). The number of hydrogen-bond donors (Lipinski definition) is 0. The van der Waals surface area contributed by atoms with Crippen molar-refractivity contribution in [1.82, 2.24) is 9.78 Å². The molecule has 0 saturated heterocycles. The van der Waals surface area contributed by atoms with Gasteiger partial charge in [0.1, 0.15) is 17.5 Å². The summed E-state index contributed by atoms with van der Waals surface area (Å²) < 4.78 is 6.82. The van der Waals surface area contributed by atoms with Gasteiger partial charge in [-0.25, -0.2) is 0 Å². The largest absolute Gasteiger partial charge is 0.497 e. The molecule has 0 amide bonds. The van der Waals surface area contributed by atoms with E-state index in [1.807, 2.05) is 25.1 Å². The normalized spacial score (nSPS) is 10.2. The fraction of sp³-hybridized carbons (Fsp3) is 0.273. The van der Waals surface area contributed by atoms with E-state index in [1.54, 1.807) is 11.8 Å². The molecule has 0 aliphatic carbocycles. The van der Waals surface area contributed by atoms with Crippen LogP contribution in [-0.2, 0) is 6.54 Å². The Morgan fingerprint density at radius 1 is 1.53 bits per heavy atom. The molecule has 0 radical (unpaired) electrons. The van der Waals surface area contributed by atoms with E-state index in [9.17, 15) is 0 Å². The second-order valence-corrected chi connectivity index (χ2v) is 3.16. The standard InChI is InChI=1S/C11H11N3O/c1-3-14-11(7-12)9-6-8(15-2)4-5-10(9)13-14/h4-6H,3H2,1-2H3. The smallest absolute Gasteiger partial charge is 0.146 e. The van der Waals surface area contributed by atoms with Gasteiger partial charge in [0.15, 0.2) is 0 Å². The van der Waals surface area contributed by atoms with Crippen molar-refractivity contribution in [2.75, 3.05) is 7.11 Å². The van der Waals surface area contributed by atoms with E-state index in [-0.39, 0.29) is 0 Å². The molecule has 15 heavy (non-hydrogen) atoms. The molecule has 1 heterocycles. The molecule has 0 N–H and O–H groups in total. The summed E-state index contributed by atoms with van der Waals surface area (Å²) in [4.78, 5) is 0. The van der Waals surface area contributed by atoms with Crippen molar-refractivity contribution < 1.29 is 4.74 Å². The highest BCUT2D eigenvalue weighted by atomic mass is 16.5. The summed E-state index contributed by atoms with van der Waals surface area (Å²) in [6, 6.07) is 7.71. The highest BCUT2D eigenvalue weighted by Gasteiger charge is 2.09. The van der Waals surface area contributed by atoms with Gasteiger partial charge in [0.25, 0.3) is 0 Å². The predicted octanol–water partition coefficient (Wildman–Crippen LogP) is 1.94. The lowest BCUT2D eigenvalue weighted by molar-refractivity contribution is 0.415. The third-order valence-electron chi connectivity index (χ3n) is 2.35. The Hall–Kier alpha value is -2.02. The quantitative estimate of drug-likeness (QED) is 0.746. The van der Waals surface area contributed by atoms with Gasteiger partial charge in [0, 0.05) is 11.9 Å². The Labute approximate surface area is 87.7 Å². The summed E-state index contributed by atoms with van der Waals surface area (Å²) in [6.45, 7) is 2.66. The number of ether oxygens (including phenoxy) is 1. The van der Waals surface area contributed by atoms with Crippen molar-refractivity contribution in [3.05, 3.63) is 23.9 Å². The fourth-order valence-electron chi connectivity index (χ4n) is 1.58. The zero-order valence-electron chi connectivity index (χ0n) is 8.69. The van der Waals surface area contributed by atoms with Crippen LogP contribution in [0.5, 0.6) is 5.75 Å². The average Bonchev–Trinajstić information content (AvgIpc) is 2.65. The van der Waals surface area contributed by atoms with Gasteiger partial charge >= 0.3 is 0 Å². The van der Waals surface area contributed by atoms with E-state index in [0.717, 1.165) is 16.7 Å². The van der Waals surface area contributed by atoms with Crippen LogP contribution >= 0.6 is 0 Å². The number of aryl methyl sites for hydroxylation is 1. The van der Waals surface area contributed by atoms with E-state index in [4.69, 9.17) is 10.00 Å². The van der Waals surface area contributed by atoms with Crippen LogP contribution in [0.15, 0.2) is 18.2 Å². The van der Waals surface area contributed by atoms with E-state index in [0.29, 0.717) is 12.2 Å². The minimum atomic E-state index is 0.589. The van der Waals surface area contributed by atoms with Crippen LogP contribution in [0.3, 0.4) is 0 Å². The Kier molecular flexibility index (Phi) is 2.30. The molecule has 4 nitrogen and oxygen atoms in total. The topological polar surface area (TPSA) is 50.8 Å². The first kappa shape index (κ1) is 9.53. The van der Waals surface area contributed by atoms with Gasteiger partial charge in [-0.3, -0.25) is 4.68 Å². The van der Waals surface area contributed by atoms with Crippen molar-refractivity contribution in [2.24, 2.45) is 0 Å². The third-order valence-corrected chi connectivity index (χ3v) is 2.35. The molecule has 1 aromatic carbocycles. The summed E-state index contributed by atoms with van der Waals surface area (Å²) in [5.74, 6) is 0.745. The minimum absolute atomic E-state index is 0.589. The second kappa shape index (κ2) is 3.62. The molecule has 0 atom stereocenters. The zero-order chi connectivity index (χ0) is 10.8. The Morgan fingerprint density at radius 3 is 2.93 bits per heavy atom. The molecule has 4 heteroatoms. The molecule has 0 aliphatic heterocycles. The number of hydrogen-bond acceptors (Lipinski definition) is 3. The number of methoxy groups -OCH3 is 1. The van der Waals surface area contributed by atoms with Crippen LogP contribution < -0.4 is 4.74 Å². The van der Waals surface area contributed by atoms with Crippen molar-refractivity contribution in [3.63, 3.8) is 0 Å². The lowest BCUT2D eigenvalue weighted by atomic mass is 10.2. The fourth-order valence-corrected chi connectivity index (χ4v) is 1.58. The minimum Gasteiger partial charge on any atom is -0.497 e. The summed E-state index contributed by atoms with van der Waals surface area (Å²) in [5, 5.41) is 14.2. The molecule has 0 fully saturated rings. The molecule has 1 aromatic heterocycles. The van der Waals surface area contributed by atoms with Gasteiger partial charge < -0.3 is 4.74 Å². The molecule has 0 unspecified atom stereocenters. The van der Waals surface area contributed by atoms with Gasteiger partial charge in [0.05, 0.1) is 12.6 Å². The molecule has 2 aromatic rings. The van der Waals surface area contributed by atoms with Gasteiger partial charge in [-0.2, -0.15) is 10.4 Å². The van der Waals surface area contributed by atoms with E-state index < -0.39 is 0 Å². The third kappa shape index (κ3) is 1.42. The zero-order valence-corrected chi connectivity index (χ0v) is 8.69. The Balaban J connectivity index is 2.75. The maximum atomic E-state index is 9.05. The van der Waals surface area contributed by atoms with Gasteiger partial charge in [-0.15, -0.1) is 0 Å². The monoisotopic (exact) mass is 201 g/mol. The van der Waals surface area contributed by atoms with Gasteiger partial charge in [-0.05, 0) is 25.1 Å². The molecule has 0 spiro atoms. The van der Waals surface area contributed by atoms with Crippen molar-refractivity contribution >= 4 is 10.9 Å². The highest BCUT2D eigenvalue weighted by Crippen LogP contribution is 2.23. The van der Waals surface area contributed by atoms with Crippen LogP contribution in [0.2, 0.25) is 0 Å². The lowest BCUT2D eigenvalue weighted by Gasteiger charge is -1.97. The summed E-state index contributed by atoms with van der Waals surface area (Å²) in [5.41, 5.74) is 1.42. The van der Waals surface area contributed by atoms with E-state index in [1.165, 1.54) is 0 Å². The number of aromatic nitrogens is 2. The molecule has 0 aliphatic rings. The molecule has 0 saturated carbocycles. The van der Waals surface area contributed by atoms with E-state index >= 15 is 0 Å². The molecule has 0 bridgehead atoms. The number of rotatable bonds is 2. The predicted molar refractivity (Wildman–Crippen MR) is 56.7 cm³/mol. The maximum Gasteiger partial charge on any atom is 0.146 e. The molecular formula is C11H11N3O. The molecule has 76 valence electrons. The van der Waals surface area contributed by atoms with Crippen LogP contribution in [0.1, 0.15) is 12.6 Å². The first-order valence-electron chi connectivity index (χ1n) is 4.74. The average molecular weight is 201 g/mol. The Morgan fingerprint density at radius 2 is 2.33 bits per heavy atom. The van der Waals surface area contributed by atoms with Crippen molar-refractivity contribution in [3.8, 4) is 11.8 Å². The van der Waals surface area contributed by atoms with Gasteiger partial charge in [-0.1, -0.05) is 0 Å².